The third-order valence-corrected chi connectivity index (χ3v) is 9.52. The Balaban J connectivity index is 1.24. The first-order valence-electron chi connectivity index (χ1n) is 16.3. The van der Waals surface area contributed by atoms with Crippen molar-refractivity contribution in [1.82, 2.24) is 15.0 Å². The fraction of sp³-hybridized carbons (Fsp3) is 0. The molecule has 0 N–H and O–H groups in total. The van der Waals surface area contributed by atoms with Crippen LogP contribution in [0.15, 0.2) is 164 Å². The highest BCUT2D eigenvalue weighted by Gasteiger charge is 2.16. The second-order valence-electron chi connectivity index (χ2n) is 12.5. The van der Waals surface area contributed by atoms with Crippen LogP contribution in [0.1, 0.15) is 0 Å². The van der Waals surface area contributed by atoms with Crippen LogP contribution in [0.5, 0.6) is 0 Å². The Morgan fingerprint density at radius 2 is 0.667 bits per heavy atom. The molecule has 0 spiro atoms. The van der Waals surface area contributed by atoms with Gasteiger partial charge in [0.1, 0.15) is 0 Å². The second kappa shape index (κ2) is 10.5. The zero-order chi connectivity index (χ0) is 31.6. The molecule has 48 heavy (non-hydrogen) atoms. The van der Waals surface area contributed by atoms with E-state index in [4.69, 9.17) is 15.0 Å². The van der Waals surface area contributed by atoms with Crippen molar-refractivity contribution < 1.29 is 0 Å². The first-order chi connectivity index (χ1) is 23.7. The topological polar surface area (TPSA) is 38.7 Å². The van der Waals surface area contributed by atoms with Crippen molar-refractivity contribution in [2.75, 3.05) is 0 Å². The summed E-state index contributed by atoms with van der Waals surface area (Å²) in [5.41, 5.74) is 7.47. The quantitative estimate of drug-likeness (QED) is 0.187. The number of nitrogens with zero attached hydrogens (tertiary/aromatic N) is 3. The van der Waals surface area contributed by atoms with Crippen LogP contribution in [0, 0.1) is 0 Å². The number of pyridine rings is 3. The number of benzene rings is 7. The Hall–Kier alpha value is -6.45. The molecule has 222 valence electrons. The minimum absolute atomic E-state index is 0.815. The lowest BCUT2D eigenvalue weighted by atomic mass is 9.91. The van der Waals surface area contributed by atoms with Gasteiger partial charge in [0.05, 0.1) is 33.8 Å². The maximum atomic E-state index is 5.27. The van der Waals surface area contributed by atoms with Crippen molar-refractivity contribution in [3.05, 3.63) is 164 Å². The predicted octanol–water partition coefficient (Wildman–Crippen LogP) is 11.8. The first-order valence-corrected chi connectivity index (χ1v) is 16.3. The zero-order valence-corrected chi connectivity index (χ0v) is 25.9. The van der Waals surface area contributed by atoms with Crippen molar-refractivity contribution >= 4 is 64.9 Å². The van der Waals surface area contributed by atoms with Gasteiger partial charge in [-0.25, -0.2) is 15.0 Å². The summed E-state index contributed by atoms with van der Waals surface area (Å²) in [5.74, 6) is 0. The van der Waals surface area contributed by atoms with Crippen LogP contribution in [-0.2, 0) is 0 Å². The monoisotopic (exact) mass is 609 g/mol. The minimum Gasteiger partial charge on any atom is -0.246 e. The van der Waals surface area contributed by atoms with E-state index in [9.17, 15) is 0 Å². The van der Waals surface area contributed by atoms with Gasteiger partial charge in [0.2, 0.25) is 0 Å². The summed E-state index contributed by atoms with van der Waals surface area (Å²) in [4.78, 5) is 15.7. The van der Waals surface area contributed by atoms with Crippen molar-refractivity contribution in [2.45, 2.75) is 0 Å². The fourth-order valence-corrected chi connectivity index (χ4v) is 7.17. The molecule has 3 heteroatoms. The molecule has 0 saturated carbocycles. The molecule has 0 fully saturated rings. The number of rotatable bonds is 3. The predicted molar refractivity (Wildman–Crippen MR) is 201 cm³/mol. The standard InChI is InChI=1S/C45H27N3/c1-3-11-30-24-41-34(21-28(30)9-1)17-19-39(46-41)43-26-36(45-37-15-7-5-13-32(37)23-33-14-6-8-16-38(33)45)27-44(48-43)40-20-18-35-22-29-10-2-4-12-31(29)25-42(35)47-40/h1-27H. The van der Waals surface area contributed by atoms with Gasteiger partial charge >= 0.3 is 0 Å². The third kappa shape index (κ3) is 4.40. The van der Waals surface area contributed by atoms with Crippen molar-refractivity contribution in [3.8, 4) is 33.9 Å². The molecule has 0 bridgehead atoms. The highest BCUT2D eigenvalue weighted by Crippen LogP contribution is 2.39. The molecular weight excluding hydrogens is 583 g/mol. The normalized spacial score (nSPS) is 11.8. The summed E-state index contributed by atoms with van der Waals surface area (Å²) in [5, 5.41) is 11.8. The number of aromatic nitrogens is 3. The molecular formula is C45H27N3. The molecule has 0 atom stereocenters. The van der Waals surface area contributed by atoms with Gasteiger partial charge in [0.25, 0.3) is 0 Å². The van der Waals surface area contributed by atoms with E-state index in [-0.39, 0.29) is 0 Å². The highest BCUT2D eigenvalue weighted by atomic mass is 14.8. The lowest BCUT2D eigenvalue weighted by Crippen LogP contribution is -1.96. The van der Waals surface area contributed by atoms with Crippen molar-refractivity contribution in [3.63, 3.8) is 0 Å². The summed E-state index contributed by atoms with van der Waals surface area (Å²) in [6, 6.07) is 58.1. The fourth-order valence-electron chi connectivity index (χ4n) is 7.17. The summed E-state index contributed by atoms with van der Waals surface area (Å²) in [7, 11) is 0. The number of fused-ring (bicyclic) bond motifs is 6. The van der Waals surface area contributed by atoms with Gasteiger partial charge in [0.15, 0.2) is 0 Å². The van der Waals surface area contributed by atoms with E-state index >= 15 is 0 Å². The molecule has 7 aromatic carbocycles. The van der Waals surface area contributed by atoms with Gasteiger partial charge in [0, 0.05) is 10.8 Å². The van der Waals surface area contributed by atoms with Crippen LogP contribution in [-0.4, -0.2) is 15.0 Å². The number of hydrogen-bond acceptors (Lipinski definition) is 3. The second-order valence-corrected chi connectivity index (χ2v) is 12.5. The van der Waals surface area contributed by atoms with E-state index in [0.29, 0.717) is 0 Å². The third-order valence-electron chi connectivity index (χ3n) is 9.52. The summed E-state index contributed by atoms with van der Waals surface area (Å²) in [6.07, 6.45) is 0. The summed E-state index contributed by atoms with van der Waals surface area (Å²) >= 11 is 0. The molecule has 0 aliphatic carbocycles. The smallest absolute Gasteiger partial charge is 0.0900 e. The molecule has 0 amide bonds. The van der Waals surface area contributed by atoms with Gasteiger partial charge in [-0.2, -0.15) is 0 Å². The molecule has 0 aliphatic heterocycles. The Morgan fingerprint density at radius 3 is 1.15 bits per heavy atom. The molecule has 3 nitrogen and oxygen atoms in total. The maximum Gasteiger partial charge on any atom is 0.0900 e. The van der Waals surface area contributed by atoms with Crippen LogP contribution < -0.4 is 0 Å². The Morgan fingerprint density at radius 1 is 0.271 bits per heavy atom. The van der Waals surface area contributed by atoms with Gasteiger partial charge in [-0.1, -0.05) is 109 Å². The molecule has 3 heterocycles. The molecule has 0 unspecified atom stereocenters. The van der Waals surface area contributed by atoms with Crippen LogP contribution in [0.3, 0.4) is 0 Å². The van der Waals surface area contributed by atoms with E-state index in [1.54, 1.807) is 0 Å². The van der Waals surface area contributed by atoms with Crippen molar-refractivity contribution in [2.24, 2.45) is 0 Å². The van der Waals surface area contributed by atoms with E-state index in [1.165, 1.54) is 48.7 Å². The van der Waals surface area contributed by atoms with Crippen molar-refractivity contribution in [1.29, 1.82) is 0 Å². The lowest BCUT2D eigenvalue weighted by molar-refractivity contribution is 1.25. The van der Waals surface area contributed by atoms with Gasteiger partial charge in [-0.05, 0) is 109 Å². The highest BCUT2D eigenvalue weighted by molar-refractivity contribution is 6.13. The molecule has 0 radical (unpaired) electrons. The van der Waals surface area contributed by atoms with Gasteiger partial charge in [-0.15, -0.1) is 0 Å². The number of hydrogen-bond donors (Lipinski definition) is 0. The van der Waals surface area contributed by atoms with Crippen LogP contribution in [0.25, 0.3) is 98.8 Å². The largest absolute Gasteiger partial charge is 0.246 e. The molecule has 0 saturated heterocycles. The molecule has 10 aromatic rings. The maximum absolute atomic E-state index is 5.27. The Labute approximate surface area is 276 Å². The van der Waals surface area contributed by atoms with E-state index in [2.05, 4.69) is 164 Å². The Kier molecular flexibility index (Phi) is 5.87. The van der Waals surface area contributed by atoms with E-state index < -0.39 is 0 Å². The Bertz CT molecular complexity index is 2720. The average molecular weight is 610 g/mol. The molecule has 0 aliphatic rings. The van der Waals surface area contributed by atoms with E-state index in [1.807, 2.05) is 0 Å². The lowest BCUT2D eigenvalue weighted by Gasteiger charge is -2.15. The van der Waals surface area contributed by atoms with Crippen LogP contribution in [0.4, 0.5) is 0 Å². The first kappa shape index (κ1) is 26.7. The SMILES string of the molecule is c1ccc2cc3nc(-c4cc(-c5c6ccccc6cc6ccccc56)cc(-c5ccc6cc7ccccc7cc6n5)n4)ccc3cc2c1. The molecule has 3 aromatic heterocycles. The summed E-state index contributed by atoms with van der Waals surface area (Å²) < 4.78 is 0. The van der Waals surface area contributed by atoms with E-state index in [0.717, 1.165) is 50.1 Å². The summed E-state index contributed by atoms with van der Waals surface area (Å²) in [6.45, 7) is 0. The van der Waals surface area contributed by atoms with Crippen LogP contribution in [0.2, 0.25) is 0 Å². The zero-order valence-electron chi connectivity index (χ0n) is 25.9. The van der Waals surface area contributed by atoms with Gasteiger partial charge < -0.3 is 0 Å². The minimum atomic E-state index is 0.815. The molecule has 10 rings (SSSR count). The van der Waals surface area contributed by atoms with Crippen LogP contribution >= 0.6 is 0 Å². The average Bonchev–Trinajstić information content (AvgIpc) is 3.14. The van der Waals surface area contributed by atoms with Gasteiger partial charge in [-0.3, -0.25) is 0 Å².